The van der Waals surface area contributed by atoms with E-state index in [2.05, 4.69) is 11.1 Å². The number of methoxy groups -OCH3 is 1. The highest BCUT2D eigenvalue weighted by Gasteiger charge is 2.58. The number of nitrogens with one attached hydrogen (secondary N) is 1. The molecule has 1 aromatic heterocycles. The lowest BCUT2D eigenvalue weighted by atomic mass is 9.88. The number of allylic oxidation sites excluding steroid dienone is 2. The molecule has 1 aliphatic rings. The molecule has 3 rings (SSSR count). The van der Waals surface area contributed by atoms with Crippen LogP contribution in [0.25, 0.3) is 10.9 Å². The van der Waals surface area contributed by atoms with Crippen LogP contribution in [0.3, 0.4) is 0 Å². The molecule has 0 aliphatic carbocycles. The Labute approximate surface area is 166 Å². The van der Waals surface area contributed by atoms with E-state index < -0.39 is 17.4 Å². The van der Waals surface area contributed by atoms with E-state index in [1.807, 2.05) is 38.2 Å². The smallest absolute Gasteiger partial charge is 0.412 e. The standard InChI is InChI=1S/C22H30N2O4/c1-15(2)7-6-11-21(3)22(4,26)24(20(25)28-21)12-10-16-14-23-19-9-8-17(27-5)13-18(16)19/h7-9,13-14,23,26H,6,10-12H2,1-5H3/t21-,22+/m1/s1. The Bertz CT molecular complexity index is 895. The van der Waals surface area contributed by atoms with E-state index in [-0.39, 0.29) is 0 Å². The van der Waals surface area contributed by atoms with Gasteiger partial charge >= 0.3 is 6.09 Å². The van der Waals surface area contributed by atoms with Crippen LogP contribution in [0.2, 0.25) is 0 Å². The van der Waals surface area contributed by atoms with Gasteiger partial charge in [-0.1, -0.05) is 11.6 Å². The van der Waals surface area contributed by atoms with Gasteiger partial charge in [-0.15, -0.1) is 0 Å². The fraction of sp³-hybridized carbons (Fsp3) is 0.500. The van der Waals surface area contributed by atoms with Gasteiger partial charge in [0.2, 0.25) is 0 Å². The molecule has 2 aromatic rings. The number of aromatic nitrogens is 1. The Morgan fingerprint density at radius 1 is 1.36 bits per heavy atom. The van der Waals surface area contributed by atoms with E-state index in [0.29, 0.717) is 19.4 Å². The number of cyclic esters (lactones) is 1. The number of ether oxygens (including phenoxy) is 2. The number of hydrogen-bond donors (Lipinski definition) is 2. The molecule has 1 saturated heterocycles. The summed E-state index contributed by atoms with van der Waals surface area (Å²) in [6, 6.07) is 5.85. The minimum atomic E-state index is -1.37. The number of benzene rings is 1. The normalized spacial score (nSPS) is 24.5. The maximum absolute atomic E-state index is 12.5. The summed E-state index contributed by atoms with van der Waals surface area (Å²) in [5.74, 6) is 0.785. The molecule has 28 heavy (non-hydrogen) atoms. The van der Waals surface area contributed by atoms with Gasteiger partial charge in [0, 0.05) is 23.6 Å². The highest BCUT2D eigenvalue weighted by Crippen LogP contribution is 2.41. The second-order valence-corrected chi connectivity index (χ2v) is 8.07. The SMILES string of the molecule is COc1ccc2[nH]cc(CCN3C(=O)O[C@](C)(CCC=C(C)C)[C@]3(C)O)c2c1. The van der Waals surface area contributed by atoms with E-state index in [9.17, 15) is 9.90 Å². The number of carbonyl (C=O) groups is 1. The fourth-order valence-electron chi connectivity index (χ4n) is 3.76. The summed E-state index contributed by atoms with van der Waals surface area (Å²) >= 11 is 0. The Hall–Kier alpha value is -2.47. The van der Waals surface area contributed by atoms with Crippen molar-refractivity contribution >= 4 is 17.0 Å². The predicted molar refractivity (Wildman–Crippen MR) is 109 cm³/mol. The first-order valence-electron chi connectivity index (χ1n) is 9.68. The van der Waals surface area contributed by atoms with Crippen LogP contribution in [-0.2, 0) is 11.2 Å². The Balaban J connectivity index is 1.75. The third-order valence-electron chi connectivity index (χ3n) is 5.81. The summed E-state index contributed by atoms with van der Waals surface area (Å²) in [4.78, 5) is 17.2. The van der Waals surface area contributed by atoms with Crippen molar-refractivity contribution in [3.05, 3.63) is 41.6 Å². The first-order valence-corrected chi connectivity index (χ1v) is 9.68. The quantitative estimate of drug-likeness (QED) is 0.692. The van der Waals surface area contributed by atoms with E-state index >= 15 is 0 Å². The fourth-order valence-corrected chi connectivity index (χ4v) is 3.76. The number of rotatable bonds is 7. The second kappa shape index (κ2) is 7.51. The summed E-state index contributed by atoms with van der Waals surface area (Å²) in [5.41, 5.74) is 0.969. The van der Waals surface area contributed by atoms with Crippen LogP contribution < -0.4 is 4.74 Å². The van der Waals surface area contributed by atoms with Crippen molar-refractivity contribution in [2.24, 2.45) is 0 Å². The lowest BCUT2D eigenvalue weighted by molar-refractivity contribution is -0.138. The monoisotopic (exact) mass is 386 g/mol. The van der Waals surface area contributed by atoms with Crippen molar-refractivity contribution in [2.45, 2.75) is 58.3 Å². The molecule has 1 aliphatic heterocycles. The van der Waals surface area contributed by atoms with Crippen molar-refractivity contribution in [1.82, 2.24) is 9.88 Å². The molecule has 0 unspecified atom stereocenters. The molecule has 2 heterocycles. The van der Waals surface area contributed by atoms with Crippen LogP contribution >= 0.6 is 0 Å². The molecule has 2 N–H and O–H groups in total. The molecule has 1 fully saturated rings. The highest BCUT2D eigenvalue weighted by molar-refractivity contribution is 5.84. The summed E-state index contributed by atoms with van der Waals surface area (Å²) in [7, 11) is 1.64. The van der Waals surface area contributed by atoms with Gasteiger partial charge in [0.05, 0.1) is 7.11 Å². The molecular weight excluding hydrogens is 356 g/mol. The van der Waals surface area contributed by atoms with E-state index in [1.54, 1.807) is 21.0 Å². The van der Waals surface area contributed by atoms with Crippen LogP contribution in [0, 0.1) is 0 Å². The lowest BCUT2D eigenvalue weighted by Gasteiger charge is -2.37. The van der Waals surface area contributed by atoms with E-state index in [1.165, 1.54) is 10.5 Å². The predicted octanol–water partition coefficient (Wildman–Crippen LogP) is 4.38. The zero-order chi connectivity index (χ0) is 20.5. The van der Waals surface area contributed by atoms with Crippen LogP contribution in [0.4, 0.5) is 4.79 Å². The highest BCUT2D eigenvalue weighted by atomic mass is 16.6. The van der Waals surface area contributed by atoms with Crippen molar-refractivity contribution in [3.63, 3.8) is 0 Å². The van der Waals surface area contributed by atoms with Gasteiger partial charge in [-0.3, -0.25) is 4.90 Å². The number of hydrogen-bond acceptors (Lipinski definition) is 4. The largest absolute Gasteiger partial charge is 0.497 e. The van der Waals surface area contributed by atoms with Crippen LogP contribution in [0.15, 0.2) is 36.0 Å². The summed E-state index contributed by atoms with van der Waals surface area (Å²) in [5, 5.41) is 12.2. The number of aliphatic hydroxyl groups is 1. The number of fused-ring (bicyclic) bond motifs is 1. The first kappa shape index (κ1) is 20.3. The van der Waals surface area contributed by atoms with E-state index in [4.69, 9.17) is 9.47 Å². The number of nitrogens with zero attached hydrogens (tertiary/aromatic N) is 1. The molecule has 0 saturated carbocycles. The minimum absolute atomic E-state index is 0.369. The Kier molecular flexibility index (Phi) is 5.44. The molecule has 1 amide bonds. The number of carbonyl (C=O) groups excluding carboxylic acids is 1. The molecule has 2 atom stereocenters. The summed E-state index contributed by atoms with van der Waals surface area (Å²) in [6.45, 7) is 7.90. The third kappa shape index (κ3) is 3.61. The summed E-state index contributed by atoms with van der Waals surface area (Å²) < 4.78 is 10.9. The van der Waals surface area contributed by atoms with Crippen LogP contribution in [-0.4, -0.2) is 46.1 Å². The minimum Gasteiger partial charge on any atom is -0.497 e. The van der Waals surface area contributed by atoms with Crippen molar-refractivity contribution in [3.8, 4) is 5.75 Å². The zero-order valence-electron chi connectivity index (χ0n) is 17.3. The molecule has 6 heteroatoms. The van der Waals surface area contributed by atoms with Gasteiger partial charge < -0.3 is 19.6 Å². The van der Waals surface area contributed by atoms with Gasteiger partial charge in [-0.25, -0.2) is 4.79 Å². The molecule has 0 bridgehead atoms. The van der Waals surface area contributed by atoms with Crippen molar-refractivity contribution in [1.29, 1.82) is 0 Å². The molecule has 0 spiro atoms. The number of H-pyrrole nitrogens is 1. The first-order chi connectivity index (χ1) is 13.2. The van der Waals surface area contributed by atoms with Crippen LogP contribution in [0.5, 0.6) is 5.75 Å². The van der Waals surface area contributed by atoms with Gasteiger partial charge in [-0.05, 0) is 70.7 Å². The molecule has 6 nitrogen and oxygen atoms in total. The van der Waals surface area contributed by atoms with Gasteiger partial charge in [0.1, 0.15) is 5.75 Å². The second-order valence-electron chi connectivity index (χ2n) is 8.07. The zero-order valence-corrected chi connectivity index (χ0v) is 17.3. The molecular formula is C22H30N2O4. The third-order valence-corrected chi connectivity index (χ3v) is 5.81. The van der Waals surface area contributed by atoms with Gasteiger partial charge in [0.15, 0.2) is 11.3 Å². The van der Waals surface area contributed by atoms with Crippen molar-refractivity contribution in [2.75, 3.05) is 13.7 Å². The maximum atomic E-state index is 12.5. The Morgan fingerprint density at radius 2 is 2.11 bits per heavy atom. The van der Waals surface area contributed by atoms with E-state index in [0.717, 1.165) is 28.6 Å². The van der Waals surface area contributed by atoms with Gasteiger partial charge in [0.25, 0.3) is 0 Å². The molecule has 1 aromatic carbocycles. The average Bonchev–Trinajstić information content (AvgIpc) is 3.09. The van der Waals surface area contributed by atoms with Crippen LogP contribution in [0.1, 0.15) is 46.1 Å². The molecule has 152 valence electrons. The molecule has 0 radical (unpaired) electrons. The average molecular weight is 386 g/mol. The summed E-state index contributed by atoms with van der Waals surface area (Å²) in [6.07, 6.45) is 5.48. The maximum Gasteiger partial charge on any atom is 0.412 e. The number of amides is 1. The number of aromatic amines is 1. The Morgan fingerprint density at radius 3 is 2.79 bits per heavy atom. The van der Waals surface area contributed by atoms with Gasteiger partial charge in [-0.2, -0.15) is 0 Å². The lowest BCUT2D eigenvalue weighted by Crippen LogP contribution is -2.55. The topological polar surface area (TPSA) is 74.8 Å². The van der Waals surface area contributed by atoms with Crippen molar-refractivity contribution < 1.29 is 19.4 Å².